The number of allylic oxidation sites excluding steroid dienone is 12. The fraction of sp³-hybridized carbons (Fsp3) is 0.755. The van der Waals surface area contributed by atoms with Crippen molar-refractivity contribution >= 4 is 13.8 Å². The standard InChI is InChI=1S/C53H96NO7P/c1-3-5-7-9-11-13-15-17-19-21-23-24-25-26-27-29-31-33-35-37-39-41-43-45-48-58-50-52(51-60-62(56,57)59-49-47-54)61-53(55)46-44-42-40-38-36-34-32-30-28-22-20-18-16-14-12-10-8-6-4-2/h5,7,11,13,17-20,23-24,26-27,52H,3-4,6,8-10,12,14-16,21-22,25,28-51,54H2,1-2H3,(H,56,57)/b7-5-,13-11-,19-17-,20-18-,24-23-,27-26-. The fourth-order valence-electron chi connectivity index (χ4n) is 6.90. The monoisotopic (exact) mass is 890 g/mol. The number of esters is 1. The summed E-state index contributed by atoms with van der Waals surface area (Å²) in [7, 11) is -4.29. The topological polar surface area (TPSA) is 117 Å². The second kappa shape index (κ2) is 49.9. The number of nitrogens with two attached hydrogens (primary N) is 1. The van der Waals surface area contributed by atoms with E-state index in [-0.39, 0.29) is 32.3 Å². The Balaban J connectivity index is 3.98. The van der Waals surface area contributed by atoms with Gasteiger partial charge in [0.05, 0.1) is 19.8 Å². The molecule has 0 rings (SSSR count). The first-order chi connectivity index (χ1) is 30.4. The van der Waals surface area contributed by atoms with Crippen LogP contribution in [0, 0.1) is 0 Å². The lowest BCUT2D eigenvalue weighted by atomic mass is 10.1. The Labute approximate surface area is 382 Å². The van der Waals surface area contributed by atoms with Crippen LogP contribution in [-0.2, 0) is 27.9 Å². The molecule has 0 heterocycles. The van der Waals surface area contributed by atoms with Crippen molar-refractivity contribution in [3.63, 3.8) is 0 Å². The van der Waals surface area contributed by atoms with Gasteiger partial charge in [-0.1, -0.05) is 202 Å². The number of unbranched alkanes of at least 4 members (excludes halogenated alkanes) is 23. The normalized spacial score (nSPS) is 13.9. The molecule has 2 atom stereocenters. The zero-order valence-corrected chi connectivity index (χ0v) is 41.0. The van der Waals surface area contributed by atoms with Crippen molar-refractivity contribution in [1.82, 2.24) is 0 Å². The Bertz CT molecular complexity index is 1180. The highest BCUT2D eigenvalue weighted by Crippen LogP contribution is 2.43. The molecule has 0 bridgehead atoms. The van der Waals surface area contributed by atoms with Crippen molar-refractivity contribution in [2.24, 2.45) is 5.73 Å². The van der Waals surface area contributed by atoms with Crippen LogP contribution in [0.25, 0.3) is 0 Å². The van der Waals surface area contributed by atoms with Crippen molar-refractivity contribution in [3.8, 4) is 0 Å². The van der Waals surface area contributed by atoms with Gasteiger partial charge in [0.25, 0.3) is 0 Å². The lowest BCUT2D eigenvalue weighted by molar-refractivity contribution is -0.154. The van der Waals surface area contributed by atoms with Gasteiger partial charge in [0.2, 0.25) is 0 Å². The minimum absolute atomic E-state index is 0.0957. The largest absolute Gasteiger partial charge is 0.472 e. The molecular formula is C53H96NO7P. The number of hydrogen-bond acceptors (Lipinski definition) is 7. The van der Waals surface area contributed by atoms with E-state index < -0.39 is 13.9 Å². The lowest BCUT2D eigenvalue weighted by Gasteiger charge is -2.20. The van der Waals surface area contributed by atoms with Gasteiger partial charge in [-0.25, -0.2) is 4.57 Å². The van der Waals surface area contributed by atoms with Gasteiger partial charge < -0.3 is 20.1 Å². The first kappa shape index (κ1) is 59.9. The van der Waals surface area contributed by atoms with Gasteiger partial charge in [0.1, 0.15) is 6.10 Å². The number of rotatable bonds is 48. The molecule has 0 saturated heterocycles. The van der Waals surface area contributed by atoms with Crippen molar-refractivity contribution in [1.29, 1.82) is 0 Å². The van der Waals surface area contributed by atoms with E-state index in [0.29, 0.717) is 13.0 Å². The molecule has 0 aromatic carbocycles. The van der Waals surface area contributed by atoms with Gasteiger partial charge in [0, 0.05) is 19.6 Å². The summed E-state index contributed by atoms with van der Waals surface area (Å²) < 4.78 is 33.6. The number of carbonyl (C=O) groups excluding carboxylic acids is 1. The predicted octanol–water partition coefficient (Wildman–Crippen LogP) is 15.9. The Morgan fingerprint density at radius 1 is 0.500 bits per heavy atom. The van der Waals surface area contributed by atoms with E-state index in [9.17, 15) is 14.3 Å². The van der Waals surface area contributed by atoms with Gasteiger partial charge in [-0.3, -0.25) is 13.8 Å². The molecule has 0 spiro atoms. The van der Waals surface area contributed by atoms with Crippen LogP contribution in [0.15, 0.2) is 72.9 Å². The van der Waals surface area contributed by atoms with Gasteiger partial charge in [0.15, 0.2) is 0 Å². The average Bonchev–Trinajstić information content (AvgIpc) is 3.26. The molecule has 0 saturated carbocycles. The second-order valence-corrected chi connectivity index (χ2v) is 18.1. The maximum atomic E-state index is 12.7. The van der Waals surface area contributed by atoms with E-state index in [1.54, 1.807) is 0 Å². The third-order valence-corrected chi connectivity index (χ3v) is 11.6. The van der Waals surface area contributed by atoms with E-state index in [1.807, 2.05) is 0 Å². The van der Waals surface area contributed by atoms with Crippen LogP contribution in [0.2, 0.25) is 0 Å². The number of hydrogen-bond donors (Lipinski definition) is 2. The SMILES string of the molecule is CC/C=C\C/C=C\C/C=C\C/C=C\C/C=C\CCCCCCCCCCOCC(COP(=O)(O)OCCN)OC(=O)CCCCCCCCCCC/C=C\CCCCCCCC. The van der Waals surface area contributed by atoms with Gasteiger partial charge in [-0.05, 0) is 83.5 Å². The van der Waals surface area contributed by atoms with Crippen molar-refractivity contribution in [2.45, 2.75) is 225 Å². The number of ether oxygens (including phenoxy) is 2. The van der Waals surface area contributed by atoms with Crippen LogP contribution < -0.4 is 5.73 Å². The number of phosphoric acid groups is 1. The summed E-state index contributed by atoms with van der Waals surface area (Å²) >= 11 is 0. The molecule has 0 aliphatic heterocycles. The summed E-state index contributed by atoms with van der Waals surface area (Å²) in [5, 5.41) is 0. The summed E-state index contributed by atoms with van der Waals surface area (Å²) in [5.41, 5.74) is 5.39. The molecule has 0 aromatic rings. The molecule has 3 N–H and O–H groups in total. The molecule has 2 unspecified atom stereocenters. The van der Waals surface area contributed by atoms with Crippen LogP contribution in [0.1, 0.15) is 219 Å². The van der Waals surface area contributed by atoms with Gasteiger partial charge >= 0.3 is 13.8 Å². The first-order valence-electron chi connectivity index (χ1n) is 25.4. The third-order valence-electron chi connectivity index (χ3n) is 10.6. The highest BCUT2D eigenvalue weighted by molar-refractivity contribution is 7.47. The summed E-state index contributed by atoms with van der Waals surface area (Å²) in [6, 6.07) is 0. The van der Waals surface area contributed by atoms with Crippen LogP contribution in [0.5, 0.6) is 0 Å². The van der Waals surface area contributed by atoms with E-state index >= 15 is 0 Å². The smallest absolute Gasteiger partial charge is 0.457 e. The molecule has 0 amide bonds. The molecule has 0 aliphatic rings. The lowest BCUT2D eigenvalue weighted by Crippen LogP contribution is -2.28. The van der Waals surface area contributed by atoms with E-state index in [1.165, 1.54) is 128 Å². The minimum Gasteiger partial charge on any atom is -0.457 e. The highest BCUT2D eigenvalue weighted by Gasteiger charge is 2.25. The zero-order valence-electron chi connectivity index (χ0n) is 40.1. The summed E-state index contributed by atoms with van der Waals surface area (Å²) in [4.78, 5) is 22.6. The Kier molecular flexibility index (Phi) is 48.3. The maximum absolute atomic E-state index is 12.7. The molecule has 9 heteroatoms. The maximum Gasteiger partial charge on any atom is 0.472 e. The number of carbonyl (C=O) groups is 1. The molecule has 0 fully saturated rings. The summed E-state index contributed by atoms with van der Waals surface area (Å²) in [6.07, 6.45) is 63.6. The average molecular weight is 890 g/mol. The first-order valence-corrected chi connectivity index (χ1v) is 26.9. The van der Waals surface area contributed by atoms with Crippen LogP contribution in [-0.4, -0.2) is 49.9 Å². The Morgan fingerprint density at radius 3 is 1.37 bits per heavy atom. The summed E-state index contributed by atoms with van der Waals surface area (Å²) in [6.45, 7) is 4.79. The highest BCUT2D eigenvalue weighted by atomic mass is 31.2. The van der Waals surface area contributed by atoms with Crippen molar-refractivity contribution in [3.05, 3.63) is 72.9 Å². The molecule has 62 heavy (non-hydrogen) atoms. The second-order valence-electron chi connectivity index (χ2n) is 16.6. The van der Waals surface area contributed by atoms with Gasteiger partial charge in [-0.2, -0.15) is 0 Å². The zero-order chi connectivity index (χ0) is 45.1. The van der Waals surface area contributed by atoms with Gasteiger partial charge in [-0.15, -0.1) is 0 Å². The Hall–Kier alpha value is -2.06. The number of phosphoric ester groups is 1. The van der Waals surface area contributed by atoms with E-state index in [2.05, 4.69) is 86.8 Å². The van der Waals surface area contributed by atoms with Crippen LogP contribution in [0.3, 0.4) is 0 Å². The van der Waals surface area contributed by atoms with E-state index in [0.717, 1.165) is 70.6 Å². The quantitative estimate of drug-likeness (QED) is 0.0268. The minimum atomic E-state index is -4.29. The predicted molar refractivity (Wildman–Crippen MR) is 265 cm³/mol. The van der Waals surface area contributed by atoms with Crippen molar-refractivity contribution in [2.75, 3.05) is 33.0 Å². The molecule has 0 aromatic heterocycles. The third kappa shape index (κ3) is 49.0. The molecule has 8 nitrogen and oxygen atoms in total. The van der Waals surface area contributed by atoms with Crippen LogP contribution >= 0.6 is 7.82 Å². The van der Waals surface area contributed by atoms with Crippen molar-refractivity contribution < 1.29 is 32.8 Å². The van der Waals surface area contributed by atoms with E-state index in [4.69, 9.17) is 24.3 Å². The molecular weight excluding hydrogens is 794 g/mol. The summed E-state index contributed by atoms with van der Waals surface area (Å²) in [5.74, 6) is -0.336. The molecule has 360 valence electrons. The van der Waals surface area contributed by atoms with Crippen LogP contribution in [0.4, 0.5) is 0 Å². The fourth-order valence-corrected chi connectivity index (χ4v) is 7.67. The molecule has 0 radical (unpaired) electrons. The molecule has 0 aliphatic carbocycles. The Morgan fingerprint density at radius 2 is 0.903 bits per heavy atom.